The topological polar surface area (TPSA) is 148 Å². The second kappa shape index (κ2) is 10.6. The van der Waals surface area contributed by atoms with E-state index in [0.29, 0.717) is 22.5 Å². The van der Waals surface area contributed by atoms with E-state index in [4.69, 9.17) is 10.5 Å². The van der Waals surface area contributed by atoms with E-state index in [-0.39, 0.29) is 12.8 Å². The fraction of sp³-hybridized carbons (Fsp3) is 0.444. The van der Waals surface area contributed by atoms with Gasteiger partial charge in [0.15, 0.2) is 0 Å². The smallest absolute Gasteiger partial charge is 0.408 e. The van der Waals surface area contributed by atoms with Crippen LogP contribution in [-0.4, -0.2) is 47.8 Å². The summed E-state index contributed by atoms with van der Waals surface area (Å²) in [5, 5.41) is 4.36. The lowest BCUT2D eigenvalue weighted by molar-refractivity contribution is -0.128. The van der Waals surface area contributed by atoms with Crippen LogP contribution in [-0.2, 0) is 30.8 Å². The number of ether oxygens (including phenoxy) is 1. The number of alkyl carbamates (subject to hydrolysis) is 1. The minimum absolute atomic E-state index is 0.0998. The molecular formula is C27H36N4O6S. The van der Waals surface area contributed by atoms with E-state index in [9.17, 15) is 22.8 Å². The molecule has 206 valence electrons. The molecule has 11 heteroatoms. The molecule has 2 aromatic rings. The molecule has 1 heterocycles. The number of nitrogens with one attached hydrogen (secondary N) is 2. The van der Waals surface area contributed by atoms with Crippen LogP contribution in [0.2, 0.25) is 0 Å². The highest BCUT2D eigenvalue weighted by molar-refractivity contribution is 7.90. The van der Waals surface area contributed by atoms with Gasteiger partial charge in [-0.05, 0) is 64.8 Å². The highest BCUT2D eigenvalue weighted by Gasteiger charge is 2.49. The van der Waals surface area contributed by atoms with Crippen molar-refractivity contribution in [3.63, 3.8) is 0 Å². The number of carbonyl (C=O) groups excluding carboxylic acids is 3. The third-order valence-electron chi connectivity index (χ3n) is 5.83. The Kier molecular flexibility index (Phi) is 8.11. The van der Waals surface area contributed by atoms with E-state index in [2.05, 4.69) is 10.6 Å². The van der Waals surface area contributed by atoms with Gasteiger partial charge in [0.2, 0.25) is 21.8 Å². The van der Waals surface area contributed by atoms with Crippen LogP contribution in [0, 0.1) is 0 Å². The number of nitrogen functional groups attached to an aromatic ring is 1. The highest BCUT2D eigenvalue weighted by Crippen LogP contribution is 2.40. The molecule has 1 unspecified atom stereocenters. The second-order valence-electron chi connectivity index (χ2n) is 11.3. The van der Waals surface area contributed by atoms with Crippen LogP contribution in [0.1, 0.15) is 64.3 Å². The van der Waals surface area contributed by atoms with Crippen LogP contribution in [0.3, 0.4) is 0 Å². The molecule has 1 aliphatic rings. The van der Waals surface area contributed by atoms with Crippen molar-refractivity contribution in [2.45, 2.75) is 76.8 Å². The monoisotopic (exact) mass is 544 g/mol. The highest BCUT2D eigenvalue weighted by atomic mass is 32.2. The van der Waals surface area contributed by atoms with E-state index < -0.39 is 50.4 Å². The Bertz CT molecular complexity index is 1310. The van der Waals surface area contributed by atoms with E-state index in [1.54, 1.807) is 90.1 Å². The zero-order chi connectivity index (χ0) is 28.5. The van der Waals surface area contributed by atoms with Crippen molar-refractivity contribution in [1.29, 1.82) is 0 Å². The van der Waals surface area contributed by atoms with E-state index in [1.807, 2.05) is 0 Å². The van der Waals surface area contributed by atoms with E-state index >= 15 is 0 Å². The summed E-state index contributed by atoms with van der Waals surface area (Å²) in [6, 6.07) is 12.4. The molecule has 0 saturated carbocycles. The molecule has 0 bridgehead atoms. The first-order valence-corrected chi connectivity index (χ1v) is 13.8. The molecule has 4 N–H and O–H groups in total. The first kappa shape index (κ1) is 29.0. The van der Waals surface area contributed by atoms with Crippen LogP contribution in [0.15, 0.2) is 48.5 Å². The van der Waals surface area contributed by atoms with Crippen molar-refractivity contribution in [3.8, 4) is 0 Å². The molecule has 2 aromatic carbocycles. The quantitative estimate of drug-likeness (QED) is 0.469. The molecule has 2 atom stereocenters. The van der Waals surface area contributed by atoms with E-state index in [1.165, 1.54) is 0 Å². The summed E-state index contributed by atoms with van der Waals surface area (Å²) in [6.45, 7) is 10.2. The fourth-order valence-electron chi connectivity index (χ4n) is 4.26. The normalized spacial score (nSPS) is 18.1. The summed E-state index contributed by atoms with van der Waals surface area (Å²) < 4.78 is 32.5. The Hall–Kier alpha value is -3.60. The molecule has 0 aliphatic carbocycles. The largest absolute Gasteiger partial charge is 0.444 e. The molecule has 1 aliphatic heterocycles. The Labute approximate surface area is 224 Å². The van der Waals surface area contributed by atoms with Crippen molar-refractivity contribution in [2.75, 3.05) is 11.1 Å². The summed E-state index contributed by atoms with van der Waals surface area (Å²) in [7, 11) is -3.87. The van der Waals surface area contributed by atoms with Gasteiger partial charge in [-0.1, -0.05) is 36.4 Å². The maximum Gasteiger partial charge on any atom is 0.408 e. The van der Waals surface area contributed by atoms with Gasteiger partial charge < -0.3 is 21.1 Å². The van der Waals surface area contributed by atoms with Gasteiger partial charge in [0.25, 0.3) is 0 Å². The molecule has 3 amide bonds. The first-order chi connectivity index (χ1) is 17.5. The minimum atomic E-state index is -3.87. The maximum absolute atomic E-state index is 13.1. The van der Waals surface area contributed by atoms with Crippen molar-refractivity contribution >= 4 is 39.3 Å². The average molecular weight is 545 g/mol. The van der Waals surface area contributed by atoms with Crippen LogP contribution < -0.4 is 16.4 Å². The van der Waals surface area contributed by atoms with Crippen LogP contribution in [0.25, 0.3) is 0 Å². The Morgan fingerprint density at radius 1 is 1.05 bits per heavy atom. The zero-order valence-corrected chi connectivity index (χ0v) is 23.4. The standard InChI is InChI=1S/C27H36N4O6S/c1-26(2,3)31-23(32)16-22(38(31,35)36)18-13-11-17(12-14-18)15-21(30-25(34)37-27(4,5)6)24(33)29-20-10-8-7-9-19(20)28/h7-14,21-22H,15-16,28H2,1-6H3,(H,29,33)(H,30,34)/t21-,22?/m0/s1. The zero-order valence-electron chi connectivity index (χ0n) is 22.6. The SMILES string of the molecule is CC(C)(C)OC(=O)N[C@@H](Cc1ccc(C2CC(=O)N(C(C)(C)C)S2(=O)=O)cc1)C(=O)Nc1ccccc1N. The third kappa shape index (κ3) is 6.83. The van der Waals surface area contributed by atoms with Gasteiger partial charge in [-0.3, -0.25) is 9.59 Å². The lowest BCUT2D eigenvalue weighted by Crippen LogP contribution is -2.47. The summed E-state index contributed by atoms with van der Waals surface area (Å²) in [4.78, 5) is 38.1. The van der Waals surface area contributed by atoms with E-state index in [0.717, 1.165) is 4.31 Å². The number of nitrogens with zero attached hydrogens (tertiary/aromatic N) is 1. The predicted octanol–water partition coefficient (Wildman–Crippen LogP) is 3.75. The summed E-state index contributed by atoms with van der Waals surface area (Å²) in [6.07, 6.45) is -0.793. The molecule has 38 heavy (non-hydrogen) atoms. The number of sulfonamides is 1. The molecule has 10 nitrogen and oxygen atoms in total. The number of para-hydroxylation sites is 2. The summed E-state index contributed by atoms with van der Waals surface area (Å²) in [5.74, 6) is -0.937. The third-order valence-corrected chi connectivity index (χ3v) is 8.25. The van der Waals surface area contributed by atoms with Crippen molar-refractivity contribution in [2.24, 2.45) is 0 Å². The van der Waals surface area contributed by atoms with Crippen molar-refractivity contribution in [3.05, 3.63) is 59.7 Å². The number of benzene rings is 2. The summed E-state index contributed by atoms with van der Waals surface area (Å²) >= 11 is 0. The number of hydrogen-bond acceptors (Lipinski definition) is 7. The van der Waals surface area contributed by atoms with Crippen LogP contribution in [0.5, 0.6) is 0 Å². The van der Waals surface area contributed by atoms with Gasteiger partial charge in [0, 0.05) is 6.42 Å². The fourth-order valence-corrected chi connectivity index (χ4v) is 6.49. The van der Waals surface area contributed by atoms with Crippen molar-refractivity contribution in [1.82, 2.24) is 9.62 Å². The second-order valence-corrected chi connectivity index (χ2v) is 13.3. The van der Waals surface area contributed by atoms with Gasteiger partial charge in [-0.25, -0.2) is 17.5 Å². The first-order valence-electron chi connectivity index (χ1n) is 12.3. The molecule has 3 rings (SSSR count). The molecule has 1 saturated heterocycles. The van der Waals surface area contributed by atoms with Gasteiger partial charge >= 0.3 is 6.09 Å². The van der Waals surface area contributed by atoms with Gasteiger partial charge in [-0.2, -0.15) is 0 Å². The molecule has 1 fully saturated rings. The number of rotatable bonds is 6. The molecule has 0 aromatic heterocycles. The average Bonchev–Trinajstić information content (AvgIpc) is 3.02. The van der Waals surface area contributed by atoms with Gasteiger partial charge in [0.05, 0.1) is 23.3 Å². The summed E-state index contributed by atoms with van der Waals surface area (Å²) in [5.41, 5.74) is 6.25. The molecule has 0 radical (unpaired) electrons. The van der Waals surface area contributed by atoms with Crippen LogP contribution >= 0.6 is 0 Å². The minimum Gasteiger partial charge on any atom is -0.444 e. The predicted molar refractivity (Wildman–Crippen MR) is 146 cm³/mol. The van der Waals surface area contributed by atoms with Crippen molar-refractivity contribution < 1.29 is 27.5 Å². The Morgan fingerprint density at radius 3 is 2.18 bits per heavy atom. The Morgan fingerprint density at radius 2 is 1.66 bits per heavy atom. The molecular weight excluding hydrogens is 508 g/mol. The number of amides is 3. The van der Waals surface area contributed by atoms with Gasteiger partial charge in [0.1, 0.15) is 16.9 Å². The Balaban J connectivity index is 1.82. The lowest BCUT2D eigenvalue weighted by Gasteiger charge is -2.30. The van der Waals surface area contributed by atoms with Gasteiger partial charge in [-0.15, -0.1) is 0 Å². The number of anilines is 2. The number of hydrogen-bond donors (Lipinski definition) is 3. The lowest BCUT2D eigenvalue weighted by atomic mass is 10.0. The van der Waals surface area contributed by atoms with Crippen LogP contribution in [0.4, 0.5) is 16.2 Å². The maximum atomic E-state index is 13.1. The number of carbonyl (C=O) groups is 3. The molecule has 0 spiro atoms. The number of nitrogens with two attached hydrogens (primary N) is 1.